The lowest BCUT2D eigenvalue weighted by Gasteiger charge is -2.24. The summed E-state index contributed by atoms with van der Waals surface area (Å²) < 4.78 is 13.5. The van der Waals surface area contributed by atoms with E-state index in [2.05, 4.69) is 46.5 Å². The van der Waals surface area contributed by atoms with Crippen LogP contribution in [0.1, 0.15) is 34.9 Å². The number of rotatable bonds is 5. The number of aromatic nitrogens is 3. The van der Waals surface area contributed by atoms with Gasteiger partial charge in [-0.05, 0) is 62.6 Å². The number of nitrogens with two attached hydrogens (primary N) is 1. The molecule has 2 atom stereocenters. The van der Waals surface area contributed by atoms with Crippen LogP contribution in [-0.4, -0.2) is 40.8 Å². The minimum atomic E-state index is 0.217. The zero-order chi connectivity index (χ0) is 23.1. The molecule has 2 aliphatic heterocycles. The zero-order valence-electron chi connectivity index (χ0n) is 19.1. The Kier molecular flexibility index (Phi) is 5.55. The van der Waals surface area contributed by atoms with Gasteiger partial charge in [0.15, 0.2) is 0 Å². The molecule has 2 aromatic carbocycles. The fourth-order valence-corrected chi connectivity index (χ4v) is 5.86. The highest BCUT2D eigenvalue weighted by Gasteiger charge is 2.26. The molecule has 174 valence electrons. The lowest BCUT2D eigenvalue weighted by Crippen LogP contribution is -2.28. The van der Waals surface area contributed by atoms with Crippen LogP contribution in [0.5, 0.6) is 11.5 Å². The van der Waals surface area contributed by atoms with Crippen molar-refractivity contribution < 1.29 is 9.47 Å². The number of aryl methyl sites for hydroxylation is 1. The fourth-order valence-electron chi connectivity index (χ4n) is 4.75. The van der Waals surface area contributed by atoms with Gasteiger partial charge in [-0.15, -0.1) is 11.3 Å². The third kappa shape index (κ3) is 4.19. The van der Waals surface area contributed by atoms with Gasteiger partial charge in [-0.25, -0.2) is 15.0 Å². The molecule has 2 unspecified atom stereocenters. The Bertz CT molecular complexity index is 1350. The standard InChI is InChI=1S/C26H27N5O2S/c1-15-4-5-21-17(9-15)10-18(13-32-21)25-31-24-22(33-14-19-3-2-7-28-19)11-16(12-23(24)34-25)20-6-8-29-26(27)30-20/h4-6,8-9,11-12,18-19,28H,2-3,7,10,13-14H2,1H3,(H2,27,29,30). The van der Waals surface area contributed by atoms with Crippen LogP contribution < -0.4 is 20.5 Å². The minimum Gasteiger partial charge on any atom is -0.493 e. The second-order valence-corrected chi connectivity index (χ2v) is 10.2. The number of ether oxygens (including phenoxy) is 2. The summed E-state index contributed by atoms with van der Waals surface area (Å²) in [5, 5.41) is 4.58. The van der Waals surface area contributed by atoms with Gasteiger partial charge in [0.2, 0.25) is 5.95 Å². The molecule has 34 heavy (non-hydrogen) atoms. The van der Waals surface area contributed by atoms with Gasteiger partial charge in [-0.1, -0.05) is 17.7 Å². The van der Waals surface area contributed by atoms with Crippen molar-refractivity contribution >= 4 is 27.5 Å². The number of nitrogens with zero attached hydrogens (tertiary/aromatic N) is 3. The van der Waals surface area contributed by atoms with E-state index in [1.165, 1.54) is 17.5 Å². The van der Waals surface area contributed by atoms with E-state index in [1.54, 1.807) is 17.5 Å². The zero-order valence-corrected chi connectivity index (χ0v) is 19.9. The summed E-state index contributed by atoms with van der Waals surface area (Å²) in [6, 6.07) is 12.8. The number of anilines is 1. The second kappa shape index (κ2) is 8.85. The van der Waals surface area contributed by atoms with E-state index >= 15 is 0 Å². The molecule has 0 aliphatic carbocycles. The van der Waals surface area contributed by atoms with Gasteiger partial charge >= 0.3 is 0 Å². The average molecular weight is 474 g/mol. The Morgan fingerprint density at radius 3 is 3.00 bits per heavy atom. The van der Waals surface area contributed by atoms with Crippen molar-refractivity contribution in [2.75, 3.05) is 25.5 Å². The third-order valence-corrected chi connectivity index (χ3v) is 7.69. The molecule has 0 bridgehead atoms. The summed E-state index contributed by atoms with van der Waals surface area (Å²) in [5.41, 5.74) is 11.0. The number of benzene rings is 2. The maximum Gasteiger partial charge on any atom is 0.220 e. The minimum absolute atomic E-state index is 0.217. The molecular weight excluding hydrogens is 446 g/mol. The van der Waals surface area contributed by atoms with Crippen molar-refractivity contribution in [1.29, 1.82) is 0 Å². The molecule has 0 amide bonds. The fraction of sp³-hybridized carbons (Fsp3) is 0.346. The number of hydrogen-bond donors (Lipinski definition) is 2. The molecule has 2 aromatic heterocycles. The monoisotopic (exact) mass is 473 g/mol. The molecule has 6 rings (SSSR count). The van der Waals surface area contributed by atoms with Gasteiger partial charge in [0.1, 0.15) is 28.6 Å². The van der Waals surface area contributed by atoms with E-state index < -0.39 is 0 Å². The SMILES string of the molecule is Cc1ccc2c(c1)CC(c1nc3c(OCC4CCCN4)cc(-c4ccnc(N)n4)cc3s1)CO2. The lowest BCUT2D eigenvalue weighted by atomic mass is 9.96. The van der Waals surface area contributed by atoms with Crippen LogP contribution in [0.3, 0.4) is 0 Å². The van der Waals surface area contributed by atoms with Gasteiger partial charge in [-0.2, -0.15) is 0 Å². The van der Waals surface area contributed by atoms with Crippen LogP contribution in [0.25, 0.3) is 21.5 Å². The average Bonchev–Trinajstić information content (AvgIpc) is 3.52. The smallest absolute Gasteiger partial charge is 0.220 e. The van der Waals surface area contributed by atoms with Crippen LogP contribution in [0, 0.1) is 6.92 Å². The van der Waals surface area contributed by atoms with Crippen LogP contribution in [-0.2, 0) is 6.42 Å². The van der Waals surface area contributed by atoms with E-state index in [0.717, 1.165) is 57.4 Å². The Morgan fingerprint density at radius 1 is 1.21 bits per heavy atom. The van der Waals surface area contributed by atoms with Gasteiger partial charge in [0.25, 0.3) is 0 Å². The maximum absolute atomic E-state index is 6.34. The molecule has 7 nitrogen and oxygen atoms in total. The second-order valence-electron chi connectivity index (χ2n) is 9.10. The molecule has 0 saturated carbocycles. The highest BCUT2D eigenvalue weighted by atomic mass is 32.1. The first kappa shape index (κ1) is 21.3. The molecule has 4 aromatic rings. The van der Waals surface area contributed by atoms with Crippen molar-refractivity contribution in [3.63, 3.8) is 0 Å². The molecule has 0 radical (unpaired) electrons. The molecule has 1 fully saturated rings. The van der Waals surface area contributed by atoms with E-state index in [4.69, 9.17) is 20.2 Å². The lowest BCUT2D eigenvalue weighted by molar-refractivity contribution is 0.262. The quantitative estimate of drug-likeness (QED) is 0.441. The molecular formula is C26H27N5O2S. The largest absolute Gasteiger partial charge is 0.493 e. The van der Waals surface area contributed by atoms with E-state index in [0.29, 0.717) is 19.3 Å². The Morgan fingerprint density at radius 2 is 2.15 bits per heavy atom. The summed E-state index contributed by atoms with van der Waals surface area (Å²) in [4.78, 5) is 13.5. The predicted molar refractivity (Wildman–Crippen MR) is 135 cm³/mol. The van der Waals surface area contributed by atoms with Crippen LogP contribution in [0.2, 0.25) is 0 Å². The van der Waals surface area contributed by atoms with Crippen molar-refractivity contribution in [3.8, 4) is 22.8 Å². The molecule has 4 heterocycles. The van der Waals surface area contributed by atoms with Crippen molar-refractivity contribution in [1.82, 2.24) is 20.3 Å². The summed E-state index contributed by atoms with van der Waals surface area (Å²) >= 11 is 1.71. The maximum atomic E-state index is 6.34. The molecule has 3 N–H and O–H groups in total. The van der Waals surface area contributed by atoms with Crippen LogP contribution in [0.15, 0.2) is 42.6 Å². The van der Waals surface area contributed by atoms with E-state index in [1.807, 2.05) is 12.1 Å². The number of thiazole rings is 1. The van der Waals surface area contributed by atoms with Gasteiger partial charge in [-0.3, -0.25) is 0 Å². The number of fused-ring (bicyclic) bond motifs is 2. The van der Waals surface area contributed by atoms with Crippen molar-refractivity contribution in [2.45, 2.75) is 38.1 Å². The first-order valence-electron chi connectivity index (χ1n) is 11.7. The number of nitrogen functional groups attached to an aromatic ring is 1. The van der Waals surface area contributed by atoms with Crippen molar-refractivity contribution in [2.24, 2.45) is 0 Å². The first-order chi connectivity index (χ1) is 16.6. The Hall–Kier alpha value is -3.23. The summed E-state index contributed by atoms with van der Waals surface area (Å²) in [7, 11) is 0. The normalized spacial score (nSPS) is 19.7. The Balaban J connectivity index is 1.37. The highest BCUT2D eigenvalue weighted by Crippen LogP contribution is 2.40. The van der Waals surface area contributed by atoms with Crippen LogP contribution in [0.4, 0.5) is 5.95 Å². The number of hydrogen-bond acceptors (Lipinski definition) is 8. The summed E-state index contributed by atoms with van der Waals surface area (Å²) in [6.07, 6.45) is 4.93. The van der Waals surface area contributed by atoms with Crippen LogP contribution >= 0.6 is 11.3 Å². The molecule has 8 heteroatoms. The molecule has 1 saturated heterocycles. The van der Waals surface area contributed by atoms with E-state index in [9.17, 15) is 0 Å². The van der Waals surface area contributed by atoms with Gasteiger partial charge in [0.05, 0.1) is 17.0 Å². The first-order valence-corrected chi connectivity index (χ1v) is 12.6. The Labute approximate surface area is 202 Å². The van der Waals surface area contributed by atoms with E-state index in [-0.39, 0.29) is 11.9 Å². The summed E-state index contributed by atoms with van der Waals surface area (Å²) in [5.74, 6) is 2.25. The predicted octanol–water partition coefficient (Wildman–Crippen LogP) is 4.49. The van der Waals surface area contributed by atoms with Gasteiger partial charge < -0.3 is 20.5 Å². The van der Waals surface area contributed by atoms with Crippen molar-refractivity contribution in [3.05, 3.63) is 58.7 Å². The highest BCUT2D eigenvalue weighted by molar-refractivity contribution is 7.18. The summed E-state index contributed by atoms with van der Waals surface area (Å²) in [6.45, 7) is 4.42. The number of nitrogens with one attached hydrogen (secondary N) is 1. The third-order valence-electron chi connectivity index (χ3n) is 6.52. The molecule has 2 aliphatic rings. The topological polar surface area (TPSA) is 95.2 Å². The molecule has 0 spiro atoms. The van der Waals surface area contributed by atoms with Gasteiger partial charge in [0, 0.05) is 23.7 Å².